The first-order chi connectivity index (χ1) is 6.59. The van der Waals surface area contributed by atoms with Crippen molar-refractivity contribution in [2.75, 3.05) is 0 Å². The van der Waals surface area contributed by atoms with Gasteiger partial charge >= 0.3 is 0 Å². The zero-order chi connectivity index (χ0) is 10.6. The molecule has 0 aliphatic rings. The standard InChI is InChI=1S/C11H17NS2/c1-8(2)13-10-6-5-7-12-11(10)14-9(3)4/h5-9H,1-4H3. The highest BCUT2D eigenvalue weighted by atomic mass is 32.2. The summed E-state index contributed by atoms with van der Waals surface area (Å²) in [6.45, 7) is 8.81. The molecule has 1 nitrogen and oxygen atoms in total. The lowest BCUT2D eigenvalue weighted by atomic mass is 10.5. The van der Waals surface area contributed by atoms with E-state index in [0.29, 0.717) is 10.5 Å². The molecule has 0 saturated carbocycles. The minimum Gasteiger partial charge on any atom is -0.249 e. The molecule has 0 radical (unpaired) electrons. The zero-order valence-corrected chi connectivity index (χ0v) is 10.8. The maximum absolute atomic E-state index is 4.41. The molecule has 0 amide bonds. The van der Waals surface area contributed by atoms with E-state index in [2.05, 4.69) is 38.7 Å². The molecule has 1 heterocycles. The average Bonchev–Trinajstić information content (AvgIpc) is 2.06. The molecule has 0 bridgehead atoms. The van der Waals surface area contributed by atoms with E-state index in [4.69, 9.17) is 0 Å². The molecule has 78 valence electrons. The summed E-state index contributed by atoms with van der Waals surface area (Å²) in [7, 11) is 0. The van der Waals surface area contributed by atoms with Gasteiger partial charge in [-0.3, -0.25) is 0 Å². The van der Waals surface area contributed by atoms with Gasteiger partial charge in [-0.15, -0.1) is 23.5 Å². The van der Waals surface area contributed by atoms with Crippen LogP contribution >= 0.6 is 23.5 Å². The van der Waals surface area contributed by atoms with E-state index in [1.165, 1.54) is 9.92 Å². The van der Waals surface area contributed by atoms with Gasteiger partial charge in [0.15, 0.2) is 0 Å². The van der Waals surface area contributed by atoms with Crippen LogP contribution in [0.1, 0.15) is 27.7 Å². The summed E-state index contributed by atoms with van der Waals surface area (Å²) in [5, 5.41) is 2.38. The quantitative estimate of drug-likeness (QED) is 0.719. The van der Waals surface area contributed by atoms with Crippen LogP contribution in [0.2, 0.25) is 0 Å². The van der Waals surface area contributed by atoms with Gasteiger partial charge in [0.25, 0.3) is 0 Å². The lowest BCUT2D eigenvalue weighted by Crippen LogP contribution is -1.93. The second kappa shape index (κ2) is 5.66. The van der Waals surface area contributed by atoms with E-state index in [-0.39, 0.29) is 0 Å². The normalized spacial score (nSPS) is 11.3. The van der Waals surface area contributed by atoms with Crippen molar-refractivity contribution < 1.29 is 0 Å². The highest BCUT2D eigenvalue weighted by Crippen LogP contribution is 2.33. The number of hydrogen-bond donors (Lipinski definition) is 0. The summed E-state index contributed by atoms with van der Waals surface area (Å²) in [5.41, 5.74) is 0. The summed E-state index contributed by atoms with van der Waals surface area (Å²) in [6.07, 6.45) is 1.87. The zero-order valence-electron chi connectivity index (χ0n) is 9.15. The second-order valence-corrected chi connectivity index (χ2v) is 6.82. The van der Waals surface area contributed by atoms with Gasteiger partial charge in [0, 0.05) is 21.6 Å². The van der Waals surface area contributed by atoms with Crippen molar-refractivity contribution in [3.05, 3.63) is 18.3 Å². The van der Waals surface area contributed by atoms with E-state index in [9.17, 15) is 0 Å². The highest BCUT2D eigenvalue weighted by Gasteiger charge is 2.08. The molecule has 0 aliphatic carbocycles. The van der Waals surface area contributed by atoms with Crippen molar-refractivity contribution in [2.24, 2.45) is 0 Å². The minimum absolute atomic E-state index is 0.594. The Labute approximate surface area is 95.1 Å². The van der Waals surface area contributed by atoms with Gasteiger partial charge in [-0.25, -0.2) is 4.98 Å². The van der Waals surface area contributed by atoms with Crippen molar-refractivity contribution >= 4 is 23.5 Å². The van der Waals surface area contributed by atoms with E-state index in [0.717, 1.165) is 0 Å². The van der Waals surface area contributed by atoms with Crippen molar-refractivity contribution in [1.29, 1.82) is 0 Å². The Morgan fingerprint density at radius 1 is 1.07 bits per heavy atom. The van der Waals surface area contributed by atoms with Crippen molar-refractivity contribution in [3.63, 3.8) is 0 Å². The van der Waals surface area contributed by atoms with Gasteiger partial charge in [0.2, 0.25) is 0 Å². The van der Waals surface area contributed by atoms with Gasteiger partial charge in [-0.2, -0.15) is 0 Å². The van der Waals surface area contributed by atoms with Crippen LogP contribution in [0.4, 0.5) is 0 Å². The predicted octanol–water partition coefficient (Wildman–Crippen LogP) is 4.08. The Kier molecular flexibility index (Phi) is 4.82. The third kappa shape index (κ3) is 3.93. The monoisotopic (exact) mass is 227 g/mol. The average molecular weight is 227 g/mol. The maximum Gasteiger partial charge on any atom is 0.110 e. The Balaban J connectivity index is 2.80. The fourth-order valence-electron chi connectivity index (χ4n) is 1.03. The molecule has 0 saturated heterocycles. The molecule has 0 spiro atoms. The van der Waals surface area contributed by atoms with E-state index < -0.39 is 0 Å². The van der Waals surface area contributed by atoms with Crippen LogP contribution < -0.4 is 0 Å². The van der Waals surface area contributed by atoms with E-state index >= 15 is 0 Å². The van der Waals surface area contributed by atoms with Crippen molar-refractivity contribution in [2.45, 2.75) is 48.1 Å². The molecule has 1 aromatic rings. The second-order valence-electron chi connectivity index (χ2n) is 3.64. The minimum atomic E-state index is 0.594. The molecule has 0 unspecified atom stereocenters. The Morgan fingerprint density at radius 2 is 1.71 bits per heavy atom. The first kappa shape index (κ1) is 11.9. The Hall–Kier alpha value is -0.150. The number of hydrogen-bond acceptors (Lipinski definition) is 3. The number of rotatable bonds is 4. The topological polar surface area (TPSA) is 12.9 Å². The number of pyridine rings is 1. The molecular formula is C11H17NS2. The van der Waals surface area contributed by atoms with Crippen LogP contribution in [-0.2, 0) is 0 Å². The summed E-state index contributed by atoms with van der Waals surface area (Å²) < 4.78 is 0. The third-order valence-corrected chi connectivity index (χ3v) is 3.65. The van der Waals surface area contributed by atoms with Gasteiger partial charge in [-0.1, -0.05) is 27.7 Å². The highest BCUT2D eigenvalue weighted by molar-refractivity contribution is 8.02. The molecular weight excluding hydrogens is 210 g/mol. The third-order valence-electron chi connectivity index (χ3n) is 1.45. The molecule has 1 aromatic heterocycles. The summed E-state index contributed by atoms with van der Waals surface area (Å²) in [5.74, 6) is 0. The van der Waals surface area contributed by atoms with Crippen LogP contribution in [0.5, 0.6) is 0 Å². The van der Waals surface area contributed by atoms with E-state index in [1.54, 1.807) is 0 Å². The molecule has 14 heavy (non-hydrogen) atoms. The largest absolute Gasteiger partial charge is 0.249 e. The molecule has 0 atom stereocenters. The summed E-state index contributed by atoms with van der Waals surface area (Å²) in [6, 6.07) is 4.16. The first-order valence-corrected chi connectivity index (χ1v) is 6.64. The van der Waals surface area contributed by atoms with E-state index in [1.807, 2.05) is 35.8 Å². The fraction of sp³-hybridized carbons (Fsp3) is 0.545. The van der Waals surface area contributed by atoms with Gasteiger partial charge in [0.05, 0.1) is 0 Å². The van der Waals surface area contributed by atoms with Crippen LogP contribution in [0.15, 0.2) is 28.3 Å². The molecule has 0 aliphatic heterocycles. The molecule has 1 rings (SSSR count). The first-order valence-electron chi connectivity index (χ1n) is 4.88. The summed E-state index contributed by atoms with van der Waals surface area (Å²) in [4.78, 5) is 5.72. The van der Waals surface area contributed by atoms with Gasteiger partial charge in [-0.05, 0) is 12.1 Å². The van der Waals surface area contributed by atoms with Crippen LogP contribution in [-0.4, -0.2) is 15.5 Å². The van der Waals surface area contributed by atoms with Gasteiger partial charge in [0.1, 0.15) is 5.03 Å². The maximum atomic E-state index is 4.41. The Morgan fingerprint density at radius 3 is 2.29 bits per heavy atom. The molecule has 0 N–H and O–H groups in total. The SMILES string of the molecule is CC(C)Sc1cccnc1SC(C)C. The molecule has 0 fully saturated rings. The fourth-order valence-corrected chi connectivity index (χ4v) is 2.89. The van der Waals surface area contributed by atoms with Gasteiger partial charge < -0.3 is 0 Å². The number of thioether (sulfide) groups is 2. The van der Waals surface area contributed by atoms with Crippen LogP contribution in [0.3, 0.4) is 0 Å². The van der Waals surface area contributed by atoms with Crippen molar-refractivity contribution in [3.8, 4) is 0 Å². The predicted molar refractivity (Wildman–Crippen MR) is 66.2 cm³/mol. The van der Waals surface area contributed by atoms with Crippen LogP contribution in [0, 0.1) is 0 Å². The van der Waals surface area contributed by atoms with Crippen molar-refractivity contribution in [1.82, 2.24) is 4.98 Å². The summed E-state index contributed by atoms with van der Waals surface area (Å²) >= 11 is 3.72. The smallest absolute Gasteiger partial charge is 0.110 e. The van der Waals surface area contributed by atoms with Crippen LogP contribution in [0.25, 0.3) is 0 Å². The number of nitrogens with zero attached hydrogens (tertiary/aromatic N) is 1. The lowest BCUT2D eigenvalue weighted by Gasteiger charge is -2.10. The number of aromatic nitrogens is 1. The Bertz CT molecular complexity index is 255. The molecule has 0 aromatic carbocycles. The molecule has 3 heteroatoms. The lowest BCUT2D eigenvalue weighted by molar-refractivity contribution is 0.999.